The molecule has 2 aromatic heterocycles. The van der Waals surface area contributed by atoms with Gasteiger partial charge in [-0.3, -0.25) is 0 Å². The van der Waals surface area contributed by atoms with E-state index < -0.39 is 0 Å². The molecule has 0 bridgehead atoms. The zero-order chi connectivity index (χ0) is 25.3. The van der Waals surface area contributed by atoms with Gasteiger partial charge < -0.3 is 30.1 Å². The molecule has 5 rings (SSSR count). The van der Waals surface area contributed by atoms with E-state index in [1.165, 1.54) is 11.8 Å². The topological polar surface area (TPSA) is 110 Å². The number of ether oxygens (including phenoxy) is 2. The van der Waals surface area contributed by atoms with E-state index in [4.69, 9.17) is 36.8 Å². The van der Waals surface area contributed by atoms with Gasteiger partial charge in [-0.05, 0) is 25.8 Å². The van der Waals surface area contributed by atoms with E-state index in [-0.39, 0.29) is 24.2 Å². The van der Waals surface area contributed by atoms with Gasteiger partial charge in [0.15, 0.2) is 5.82 Å². The van der Waals surface area contributed by atoms with Crippen LogP contribution in [0.25, 0.3) is 0 Å². The van der Waals surface area contributed by atoms with Crippen LogP contribution in [0.3, 0.4) is 0 Å². The molecule has 0 radical (unpaired) electrons. The molecule has 5 heterocycles. The molecule has 36 heavy (non-hydrogen) atoms. The number of hydrogen-bond acceptors (Lipinski definition) is 10. The second-order valence-corrected chi connectivity index (χ2v) is 11.0. The molecule has 0 saturated carbocycles. The molecule has 2 aromatic rings. The molecule has 2 atom stereocenters. The van der Waals surface area contributed by atoms with Crippen molar-refractivity contribution in [3.05, 3.63) is 41.3 Å². The third kappa shape index (κ3) is 4.82. The number of aliphatic hydroxyl groups is 1. The van der Waals surface area contributed by atoms with Crippen LogP contribution in [-0.4, -0.2) is 78.2 Å². The first-order chi connectivity index (χ1) is 17.5. The predicted molar refractivity (Wildman–Crippen MR) is 141 cm³/mol. The number of morpholine rings is 1. The predicted octanol–water partition coefficient (Wildman–Crippen LogP) is 2.81. The SMILES string of the molecule is C=C[C@@H]1OCC2(CCN(c3nc(C)c(Sc4ccnc(N5CCOCC5)c4Cl)nc3CO)CC2)[C@@H]1N. The number of piperidine rings is 1. The Balaban J connectivity index is 1.34. The average Bonchev–Trinajstić information content (AvgIpc) is 3.21. The Kier molecular flexibility index (Phi) is 7.71. The van der Waals surface area contributed by atoms with E-state index in [0.29, 0.717) is 30.5 Å². The van der Waals surface area contributed by atoms with E-state index in [9.17, 15) is 5.11 Å². The zero-order valence-electron chi connectivity index (χ0n) is 20.5. The molecule has 0 unspecified atom stereocenters. The largest absolute Gasteiger partial charge is 0.390 e. The number of halogens is 1. The summed E-state index contributed by atoms with van der Waals surface area (Å²) in [6.45, 7) is 10.7. The van der Waals surface area contributed by atoms with Crippen molar-refractivity contribution in [2.75, 3.05) is 55.8 Å². The van der Waals surface area contributed by atoms with E-state index in [0.717, 1.165) is 66.3 Å². The van der Waals surface area contributed by atoms with Crippen LogP contribution in [0.2, 0.25) is 5.02 Å². The Morgan fingerprint density at radius 1 is 1.22 bits per heavy atom. The number of aliphatic hydroxyl groups excluding tert-OH is 1. The number of nitrogens with zero attached hydrogens (tertiary/aromatic N) is 5. The van der Waals surface area contributed by atoms with E-state index in [2.05, 4.69) is 21.4 Å². The van der Waals surface area contributed by atoms with Gasteiger partial charge >= 0.3 is 0 Å². The Labute approximate surface area is 221 Å². The van der Waals surface area contributed by atoms with Gasteiger partial charge in [0.2, 0.25) is 0 Å². The van der Waals surface area contributed by atoms with Crippen LogP contribution in [0, 0.1) is 12.3 Å². The van der Waals surface area contributed by atoms with Gasteiger partial charge in [-0.15, -0.1) is 6.58 Å². The summed E-state index contributed by atoms with van der Waals surface area (Å²) in [4.78, 5) is 19.4. The van der Waals surface area contributed by atoms with Crippen LogP contribution in [0.15, 0.2) is 34.8 Å². The quantitative estimate of drug-likeness (QED) is 0.539. The summed E-state index contributed by atoms with van der Waals surface area (Å²) in [6.07, 6.45) is 5.28. The van der Waals surface area contributed by atoms with Crippen molar-refractivity contribution in [3.63, 3.8) is 0 Å². The molecule has 0 amide bonds. The fourth-order valence-corrected chi connectivity index (χ4v) is 6.46. The molecule has 11 heteroatoms. The Morgan fingerprint density at radius 3 is 2.61 bits per heavy atom. The van der Waals surface area contributed by atoms with Crippen LogP contribution >= 0.6 is 23.4 Å². The maximum atomic E-state index is 10.2. The number of aromatic nitrogens is 3. The number of nitrogens with two attached hydrogens (primary N) is 1. The van der Waals surface area contributed by atoms with Crippen molar-refractivity contribution in [1.82, 2.24) is 15.0 Å². The molecule has 3 fully saturated rings. The van der Waals surface area contributed by atoms with Gasteiger partial charge in [-0.2, -0.15) is 0 Å². The number of anilines is 2. The van der Waals surface area contributed by atoms with E-state index in [1.807, 2.05) is 13.0 Å². The molecule has 3 saturated heterocycles. The number of pyridine rings is 1. The minimum atomic E-state index is -0.192. The van der Waals surface area contributed by atoms with Gasteiger partial charge in [0.1, 0.15) is 16.5 Å². The summed E-state index contributed by atoms with van der Waals surface area (Å²) in [6, 6.07) is 1.84. The van der Waals surface area contributed by atoms with Gasteiger partial charge in [0, 0.05) is 48.7 Å². The third-order valence-electron chi connectivity index (χ3n) is 7.50. The van der Waals surface area contributed by atoms with Gasteiger partial charge in [0.05, 0.1) is 43.2 Å². The van der Waals surface area contributed by atoms with E-state index in [1.54, 1.807) is 12.3 Å². The minimum Gasteiger partial charge on any atom is -0.390 e. The fraction of sp³-hybridized carbons (Fsp3) is 0.560. The summed E-state index contributed by atoms with van der Waals surface area (Å²) < 4.78 is 11.3. The molecular weight excluding hydrogens is 500 g/mol. The molecular formula is C25H33ClN6O3S. The maximum Gasteiger partial charge on any atom is 0.153 e. The van der Waals surface area contributed by atoms with Crippen LogP contribution < -0.4 is 15.5 Å². The smallest absolute Gasteiger partial charge is 0.153 e. The highest BCUT2D eigenvalue weighted by molar-refractivity contribution is 7.99. The zero-order valence-corrected chi connectivity index (χ0v) is 22.1. The van der Waals surface area contributed by atoms with Crippen LogP contribution in [0.1, 0.15) is 24.2 Å². The first-order valence-electron chi connectivity index (χ1n) is 12.3. The lowest BCUT2D eigenvalue weighted by Crippen LogP contribution is -2.51. The van der Waals surface area contributed by atoms with Gasteiger partial charge in [0.25, 0.3) is 0 Å². The van der Waals surface area contributed by atoms with Crippen molar-refractivity contribution in [2.24, 2.45) is 11.1 Å². The second-order valence-electron chi connectivity index (χ2n) is 9.58. The van der Waals surface area contributed by atoms with Crippen LogP contribution in [0.5, 0.6) is 0 Å². The van der Waals surface area contributed by atoms with Gasteiger partial charge in [-0.1, -0.05) is 29.4 Å². The van der Waals surface area contributed by atoms with Crippen LogP contribution in [-0.2, 0) is 16.1 Å². The fourth-order valence-electron chi connectivity index (χ4n) is 5.24. The molecule has 3 aliphatic rings. The number of rotatable bonds is 6. The monoisotopic (exact) mass is 532 g/mol. The second kappa shape index (κ2) is 10.8. The molecule has 1 spiro atoms. The summed E-state index contributed by atoms with van der Waals surface area (Å²) in [5, 5.41) is 11.5. The molecule has 3 aliphatic heterocycles. The first kappa shape index (κ1) is 25.7. The molecule has 0 aliphatic carbocycles. The molecule has 9 nitrogen and oxygen atoms in total. The van der Waals surface area contributed by atoms with Crippen molar-refractivity contribution in [3.8, 4) is 0 Å². The third-order valence-corrected chi connectivity index (χ3v) is 9.12. The lowest BCUT2D eigenvalue weighted by molar-refractivity contribution is 0.109. The van der Waals surface area contributed by atoms with Crippen LogP contribution in [0.4, 0.5) is 11.6 Å². The summed E-state index contributed by atoms with van der Waals surface area (Å²) in [5.41, 5.74) is 7.83. The number of aryl methyl sites for hydroxylation is 1. The highest BCUT2D eigenvalue weighted by Gasteiger charge is 2.48. The van der Waals surface area contributed by atoms with E-state index >= 15 is 0 Å². The van der Waals surface area contributed by atoms with Gasteiger partial charge in [-0.25, -0.2) is 15.0 Å². The highest BCUT2D eigenvalue weighted by atomic mass is 35.5. The average molecular weight is 533 g/mol. The van der Waals surface area contributed by atoms with Crippen molar-refractivity contribution < 1.29 is 14.6 Å². The van der Waals surface area contributed by atoms with Crippen molar-refractivity contribution in [1.29, 1.82) is 0 Å². The summed E-state index contributed by atoms with van der Waals surface area (Å²) in [5.74, 6) is 1.49. The standard InChI is InChI=1S/C25H33ClN6O3S/c1-3-18-21(27)25(15-35-18)5-8-31(9-6-25)22-17(14-33)30-24(16(2)29-22)36-19-4-7-28-23(20(19)26)32-10-12-34-13-11-32/h3-4,7,18,21,33H,1,5-6,8-15,27H2,2H3/t18-,21+/m0/s1. The normalized spacial score (nSPS) is 23.9. The summed E-state index contributed by atoms with van der Waals surface area (Å²) in [7, 11) is 0. The lowest BCUT2D eigenvalue weighted by Gasteiger charge is -2.42. The highest BCUT2D eigenvalue weighted by Crippen LogP contribution is 2.43. The Bertz CT molecular complexity index is 1110. The maximum absolute atomic E-state index is 10.2. The molecule has 194 valence electrons. The number of hydrogen-bond donors (Lipinski definition) is 2. The molecule has 3 N–H and O–H groups in total. The minimum absolute atomic E-state index is 0.0384. The molecule has 0 aromatic carbocycles. The lowest BCUT2D eigenvalue weighted by atomic mass is 9.73. The van der Waals surface area contributed by atoms with Crippen molar-refractivity contribution in [2.45, 2.75) is 48.4 Å². The Morgan fingerprint density at radius 2 is 1.94 bits per heavy atom. The summed E-state index contributed by atoms with van der Waals surface area (Å²) >= 11 is 8.21. The Hall–Kier alpha value is -1.95. The van der Waals surface area contributed by atoms with Crippen molar-refractivity contribution >= 4 is 35.0 Å². The first-order valence-corrected chi connectivity index (χ1v) is 13.5.